The van der Waals surface area contributed by atoms with E-state index in [1.165, 1.54) is 43.1 Å². The Morgan fingerprint density at radius 3 is 2.57 bits per heavy atom. The molecule has 0 aliphatic heterocycles. The molecule has 0 aliphatic carbocycles. The average Bonchev–Trinajstić information content (AvgIpc) is 2.54. The molecule has 6 nitrogen and oxygen atoms in total. The number of hydrogen-bond donors (Lipinski definition) is 0. The zero-order valence-electron chi connectivity index (χ0n) is 12.5. The van der Waals surface area contributed by atoms with Crippen molar-refractivity contribution in [2.45, 2.75) is 6.10 Å². The van der Waals surface area contributed by atoms with Crippen LogP contribution in [0.3, 0.4) is 0 Å². The van der Waals surface area contributed by atoms with E-state index >= 15 is 0 Å². The maximum Gasteiger partial charge on any atom is 0.351 e. The predicted molar refractivity (Wildman–Crippen MR) is 83.3 cm³/mol. The van der Waals surface area contributed by atoms with Crippen LogP contribution in [-0.4, -0.2) is 23.6 Å². The zero-order chi connectivity index (χ0) is 17.0. The number of carbonyl (C=O) groups excluding carboxylic acids is 2. The van der Waals surface area contributed by atoms with Gasteiger partial charge in [-0.15, -0.1) is 0 Å². The molecule has 0 amide bonds. The smallest absolute Gasteiger partial charge is 0.351 e. The summed E-state index contributed by atoms with van der Waals surface area (Å²) in [6.07, 6.45) is 0.0835. The van der Waals surface area contributed by atoms with Crippen LogP contribution in [0.25, 0.3) is 0 Å². The second-order valence-corrected chi connectivity index (χ2v) is 5.17. The van der Waals surface area contributed by atoms with Crippen molar-refractivity contribution in [3.63, 3.8) is 0 Å². The molecular formula is C16H14ClNO5. The van der Waals surface area contributed by atoms with Crippen molar-refractivity contribution in [3.8, 4) is 0 Å². The molecule has 0 spiro atoms. The highest BCUT2D eigenvalue weighted by Gasteiger charge is 2.27. The van der Waals surface area contributed by atoms with Gasteiger partial charge >= 0.3 is 11.9 Å². The van der Waals surface area contributed by atoms with Crippen LogP contribution in [0.2, 0.25) is 5.02 Å². The Bertz CT molecular complexity index is 799. The van der Waals surface area contributed by atoms with E-state index in [0.717, 1.165) is 0 Å². The van der Waals surface area contributed by atoms with Crippen LogP contribution in [0.15, 0.2) is 47.4 Å². The van der Waals surface area contributed by atoms with Gasteiger partial charge in [0.25, 0.3) is 0 Å². The molecule has 0 saturated carbocycles. The Hall–Kier alpha value is -2.60. The van der Waals surface area contributed by atoms with Crippen molar-refractivity contribution in [1.29, 1.82) is 0 Å². The Balaban J connectivity index is 2.30. The minimum atomic E-state index is -1.25. The van der Waals surface area contributed by atoms with E-state index in [2.05, 4.69) is 4.74 Å². The average molecular weight is 336 g/mol. The maximum atomic E-state index is 12.2. The van der Waals surface area contributed by atoms with Gasteiger partial charge < -0.3 is 14.0 Å². The highest BCUT2D eigenvalue weighted by atomic mass is 35.5. The van der Waals surface area contributed by atoms with Gasteiger partial charge in [-0.1, -0.05) is 23.7 Å². The van der Waals surface area contributed by atoms with Crippen LogP contribution in [0.5, 0.6) is 0 Å². The molecule has 0 bridgehead atoms. The molecular weight excluding hydrogens is 322 g/mol. The molecule has 0 N–H and O–H groups in total. The molecule has 0 aliphatic rings. The monoisotopic (exact) mass is 335 g/mol. The third kappa shape index (κ3) is 3.98. The topological polar surface area (TPSA) is 74.6 Å². The molecule has 2 aromatic rings. The third-order valence-electron chi connectivity index (χ3n) is 3.11. The maximum absolute atomic E-state index is 12.2. The number of methoxy groups -OCH3 is 1. The van der Waals surface area contributed by atoms with Crippen LogP contribution in [0.4, 0.5) is 0 Å². The number of hydrogen-bond acceptors (Lipinski definition) is 5. The van der Waals surface area contributed by atoms with Crippen LogP contribution in [0, 0.1) is 0 Å². The number of nitrogens with zero attached hydrogens (tertiary/aromatic N) is 1. The standard InChI is InChI=1S/C16H14ClNO5/c1-18-9-11(6-7-13(18)19)15(20)23-14(16(21)22-2)10-4-3-5-12(17)8-10/h3-9,14H,1-2H3. The minimum Gasteiger partial charge on any atom is -0.466 e. The van der Waals surface area contributed by atoms with Gasteiger partial charge in [0, 0.05) is 29.9 Å². The zero-order valence-corrected chi connectivity index (χ0v) is 13.2. The number of carbonyl (C=O) groups is 2. The lowest BCUT2D eigenvalue weighted by Crippen LogP contribution is -2.23. The quantitative estimate of drug-likeness (QED) is 0.800. The van der Waals surface area contributed by atoms with E-state index in [-0.39, 0.29) is 11.1 Å². The van der Waals surface area contributed by atoms with Crippen LogP contribution >= 0.6 is 11.6 Å². The highest BCUT2D eigenvalue weighted by molar-refractivity contribution is 6.30. The van der Waals surface area contributed by atoms with Crippen molar-refractivity contribution in [2.24, 2.45) is 7.05 Å². The first-order valence-electron chi connectivity index (χ1n) is 6.63. The van der Waals surface area contributed by atoms with E-state index in [9.17, 15) is 14.4 Å². The molecule has 120 valence electrons. The Labute approximate surface area is 137 Å². The lowest BCUT2D eigenvalue weighted by Gasteiger charge is -2.16. The first-order chi connectivity index (χ1) is 10.9. The van der Waals surface area contributed by atoms with E-state index in [4.69, 9.17) is 16.3 Å². The van der Waals surface area contributed by atoms with Gasteiger partial charge in [-0.2, -0.15) is 0 Å². The predicted octanol–water partition coefficient (Wildman–Crippen LogP) is 2.11. The number of benzene rings is 1. The molecule has 1 aromatic carbocycles. The van der Waals surface area contributed by atoms with E-state index in [1.54, 1.807) is 18.2 Å². The molecule has 0 fully saturated rings. The third-order valence-corrected chi connectivity index (χ3v) is 3.35. The SMILES string of the molecule is COC(=O)C(OC(=O)c1ccc(=O)n(C)c1)c1cccc(Cl)c1. The molecule has 1 unspecified atom stereocenters. The number of ether oxygens (including phenoxy) is 2. The van der Waals surface area contributed by atoms with Crippen molar-refractivity contribution < 1.29 is 19.1 Å². The van der Waals surface area contributed by atoms with E-state index < -0.39 is 18.0 Å². The molecule has 2 rings (SSSR count). The molecule has 1 heterocycles. The summed E-state index contributed by atoms with van der Waals surface area (Å²) in [7, 11) is 2.70. The summed E-state index contributed by atoms with van der Waals surface area (Å²) < 4.78 is 11.1. The second kappa shape index (κ2) is 7.11. The number of rotatable bonds is 4. The van der Waals surface area contributed by atoms with Crippen LogP contribution in [0.1, 0.15) is 22.0 Å². The van der Waals surface area contributed by atoms with Crippen molar-refractivity contribution >= 4 is 23.5 Å². The Morgan fingerprint density at radius 1 is 1.22 bits per heavy atom. The fourth-order valence-electron chi connectivity index (χ4n) is 1.92. The molecule has 0 radical (unpaired) electrons. The Kier molecular flexibility index (Phi) is 5.18. The lowest BCUT2D eigenvalue weighted by atomic mass is 10.1. The summed E-state index contributed by atoms with van der Waals surface area (Å²) in [4.78, 5) is 35.5. The summed E-state index contributed by atoms with van der Waals surface area (Å²) in [5.41, 5.74) is 0.270. The largest absolute Gasteiger partial charge is 0.466 e. The van der Waals surface area contributed by atoms with Crippen LogP contribution < -0.4 is 5.56 Å². The molecule has 1 atom stereocenters. The minimum absolute atomic E-state index is 0.142. The van der Waals surface area contributed by atoms with Crippen LogP contribution in [-0.2, 0) is 21.3 Å². The Morgan fingerprint density at radius 2 is 1.96 bits per heavy atom. The van der Waals surface area contributed by atoms with Gasteiger partial charge in [0.1, 0.15) is 0 Å². The fraction of sp³-hybridized carbons (Fsp3) is 0.188. The first kappa shape index (κ1) is 16.8. The number of aromatic nitrogens is 1. The van der Waals surface area contributed by atoms with Gasteiger partial charge in [-0.25, -0.2) is 9.59 Å². The summed E-state index contributed by atoms with van der Waals surface area (Å²) in [5.74, 6) is -1.48. The second-order valence-electron chi connectivity index (χ2n) is 4.73. The van der Waals surface area contributed by atoms with Gasteiger partial charge in [0.15, 0.2) is 0 Å². The van der Waals surface area contributed by atoms with Gasteiger partial charge in [-0.05, 0) is 18.2 Å². The van der Waals surface area contributed by atoms with Gasteiger partial charge in [0.05, 0.1) is 12.7 Å². The lowest BCUT2D eigenvalue weighted by molar-refractivity contribution is -0.151. The molecule has 7 heteroatoms. The fourth-order valence-corrected chi connectivity index (χ4v) is 2.12. The number of aryl methyl sites for hydroxylation is 1. The van der Waals surface area contributed by atoms with E-state index in [1.807, 2.05) is 0 Å². The van der Waals surface area contributed by atoms with Gasteiger partial charge in [0.2, 0.25) is 11.7 Å². The van der Waals surface area contributed by atoms with Crippen molar-refractivity contribution in [3.05, 3.63) is 69.1 Å². The molecule has 0 saturated heterocycles. The summed E-state index contributed by atoms with van der Waals surface area (Å²) in [6.45, 7) is 0. The normalized spacial score (nSPS) is 11.6. The van der Waals surface area contributed by atoms with E-state index in [0.29, 0.717) is 10.6 Å². The number of esters is 2. The van der Waals surface area contributed by atoms with Crippen molar-refractivity contribution in [1.82, 2.24) is 4.57 Å². The highest BCUT2D eigenvalue weighted by Crippen LogP contribution is 2.23. The summed E-state index contributed by atoms with van der Waals surface area (Å²) in [5, 5.41) is 0.398. The van der Waals surface area contributed by atoms with Gasteiger partial charge in [-0.3, -0.25) is 4.79 Å². The summed E-state index contributed by atoms with van der Waals surface area (Å²) >= 11 is 5.90. The number of pyridine rings is 1. The number of halogens is 1. The first-order valence-corrected chi connectivity index (χ1v) is 7.01. The molecule has 23 heavy (non-hydrogen) atoms. The molecule has 1 aromatic heterocycles. The van der Waals surface area contributed by atoms with Crippen molar-refractivity contribution in [2.75, 3.05) is 7.11 Å². The summed E-state index contributed by atoms with van der Waals surface area (Å²) in [6, 6.07) is 8.95.